The molecule has 1 unspecified atom stereocenters. The minimum atomic E-state index is -4.52. The van der Waals surface area contributed by atoms with Gasteiger partial charge in [-0.1, -0.05) is 6.07 Å². The summed E-state index contributed by atoms with van der Waals surface area (Å²) in [4.78, 5) is 25.7. The van der Waals surface area contributed by atoms with Crippen LogP contribution >= 0.6 is 0 Å². The summed E-state index contributed by atoms with van der Waals surface area (Å²) >= 11 is 0. The molecule has 132 valence electrons. The molecule has 1 heterocycles. The van der Waals surface area contributed by atoms with Crippen molar-refractivity contribution in [3.05, 3.63) is 29.8 Å². The summed E-state index contributed by atoms with van der Waals surface area (Å²) in [7, 11) is 0. The van der Waals surface area contributed by atoms with Crippen molar-refractivity contribution in [2.45, 2.75) is 37.9 Å². The number of likely N-dealkylation sites (tertiary alicyclic amines) is 1. The van der Waals surface area contributed by atoms with Gasteiger partial charge in [0.2, 0.25) is 0 Å². The van der Waals surface area contributed by atoms with Gasteiger partial charge in [-0.05, 0) is 43.9 Å². The van der Waals surface area contributed by atoms with E-state index >= 15 is 0 Å². The zero-order valence-corrected chi connectivity index (χ0v) is 13.0. The Labute approximate surface area is 137 Å². The molecule has 1 aromatic rings. The number of halogens is 3. The second-order valence-electron chi connectivity index (χ2n) is 5.69. The van der Waals surface area contributed by atoms with Crippen LogP contribution in [0.2, 0.25) is 0 Å². The quantitative estimate of drug-likeness (QED) is 0.828. The van der Waals surface area contributed by atoms with Gasteiger partial charge in [0.25, 0.3) is 0 Å². The van der Waals surface area contributed by atoms with Gasteiger partial charge < -0.3 is 15.3 Å². The van der Waals surface area contributed by atoms with Crippen LogP contribution in [-0.4, -0.2) is 41.0 Å². The summed E-state index contributed by atoms with van der Waals surface area (Å²) in [5, 5.41) is 11.3. The highest BCUT2D eigenvalue weighted by molar-refractivity contribution is 6.39. The van der Waals surface area contributed by atoms with Gasteiger partial charge in [-0.15, -0.1) is 0 Å². The van der Waals surface area contributed by atoms with Crippen LogP contribution in [0.25, 0.3) is 0 Å². The maximum Gasteiger partial charge on any atom is 0.416 e. The van der Waals surface area contributed by atoms with Crippen molar-refractivity contribution in [3.8, 4) is 0 Å². The van der Waals surface area contributed by atoms with Crippen LogP contribution < -0.4 is 5.32 Å². The van der Waals surface area contributed by atoms with Crippen molar-refractivity contribution in [2.75, 3.05) is 18.5 Å². The number of aliphatic hydroxyl groups excluding tert-OH is 1. The lowest BCUT2D eigenvalue weighted by Gasteiger charge is -2.35. The molecule has 2 rings (SSSR count). The number of aliphatic hydroxyl groups is 1. The van der Waals surface area contributed by atoms with Crippen molar-refractivity contribution < 1.29 is 27.9 Å². The van der Waals surface area contributed by atoms with Gasteiger partial charge in [0, 0.05) is 24.9 Å². The highest BCUT2D eigenvalue weighted by Crippen LogP contribution is 2.30. The Hall–Kier alpha value is -2.09. The molecule has 1 aromatic carbocycles. The summed E-state index contributed by atoms with van der Waals surface area (Å²) in [6, 6.07) is 3.91. The lowest BCUT2D eigenvalue weighted by atomic mass is 9.99. The monoisotopic (exact) mass is 344 g/mol. The van der Waals surface area contributed by atoms with E-state index in [9.17, 15) is 22.8 Å². The number of benzene rings is 1. The molecule has 0 aliphatic carbocycles. The van der Waals surface area contributed by atoms with Crippen molar-refractivity contribution in [1.82, 2.24) is 4.90 Å². The molecular formula is C16H19F3N2O3. The fourth-order valence-electron chi connectivity index (χ4n) is 2.81. The molecule has 1 aliphatic rings. The number of carbonyl (C=O) groups is 2. The molecule has 0 saturated carbocycles. The van der Waals surface area contributed by atoms with E-state index < -0.39 is 23.6 Å². The Balaban J connectivity index is 2.07. The average molecular weight is 344 g/mol. The summed E-state index contributed by atoms with van der Waals surface area (Å²) in [5.74, 6) is -1.76. The number of anilines is 1. The van der Waals surface area contributed by atoms with Crippen molar-refractivity contribution in [1.29, 1.82) is 0 Å². The number of hydrogen-bond donors (Lipinski definition) is 2. The fourth-order valence-corrected chi connectivity index (χ4v) is 2.81. The SMILES string of the molecule is O=C(Nc1cccc(C(F)(F)F)c1)C(=O)N1CCCCC1CCO. The van der Waals surface area contributed by atoms with E-state index in [0.717, 1.165) is 25.0 Å². The number of rotatable bonds is 3. The lowest BCUT2D eigenvalue weighted by molar-refractivity contribution is -0.146. The molecule has 1 saturated heterocycles. The van der Waals surface area contributed by atoms with Crippen LogP contribution in [0.4, 0.5) is 18.9 Å². The molecule has 1 aliphatic heterocycles. The van der Waals surface area contributed by atoms with Crippen molar-refractivity contribution in [3.63, 3.8) is 0 Å². The van der Waals surface area contributed by atoms with Crippen LogP contribution in [0.1, 0.15) is 31.2 Å². The fraction of sp³-hybridized carbons (Fsp3) is 0.500. The van der Waals surface area contributed by atoms with Crippen molar-refractivity contribution >= 4 is 17.5 Å². The molecule has 0 radical (unpaired) electrons. The third-order valence-electron chi connectivity index (χ3n) is 3.99. The lowest BCUT2D eigenvalue weighted by Crippen LogP contribution is -2.48. The summed E-state index contributed by atoms with van der Waals surface area (Å²) in [6.45, 7) is 0.309. The second kappa shape index (κ2) is 7.65. The maximum absolute atomic E-state index is 12.7. The number of nitrogens with one attached hydrogen (secondary N) is 1. The second-order valence-corrected chi connectivity index (χ2v) is 5.69. The Morgan fingerprint density at radius 1 is 1.29 bits per heavy atom. The van der Waals surface area contributed by atoms with Gasteiger partial charge in [0.15, 0.2) is 0 Å². The standard InChI is InChI=1S/C16H19F3N2O3/c17-16(18,19)11-4-3-5-12(10-11)20-14(23)15(24)21-8-2-1-6-13(21)7-9-22/h3-5,10,13,22H,1-2,6-9H2,(H,20,23). The largest absolute Gasteiger partial charge is 0.416 e. The van der Waals surface area contributed by atoms with Crippen LogP contribution in [0.15, 0.2) is 24.3 Å². The molecule has 0 spiro atoms. The first-order valence-corrected chi connectivity index (χ1v) is 7.73. The Morgan fingerprint density at radius 2 is 2.04 bits per heavy atom. The Kier molecular flexibility index (Phi) is 5.82. The summed E-state index contributed by atoms with van der Waals surface area (Å²) < 4.78 is 38.0. The van der Waals surface area contributed by atoms with Gasteiger partial charge in [-0.2, -0.15) is 13.2 Å². The van der Waals surface area contributed by atoms with E-state index in [4.69, 9.17) is 5.11 Å². The topological polar surface area (TPSA) is 69.6 Å². The van der Waals surface area contributed by atoms with E-state index in [2.05, 4.69) is 5.32 Å². The number of hydrogen-bond acceptors (Lipinski definition) is 3. The van der Waals surface area contributed by atoms with Crippen molar-refractivity contribution in [2.24, 2.45) is 0 Å². The number of carbonyl (C=O) groups excluding carboxylic acids is 2. The molecule has 1 atom stereocenters. The van der Waals surface area contributed by atoms with E-state index in [1.165, 1.54) is 17.0 Å². The average Bonchev–Trinajstić information content (AvgIpc) is 2.54. The predicted molar refractivity (Wildman–Crippen MR) is 81.1 cm³/mol. The molecule has 2 N–H and O–H groups in total. The molecule has 8 heteroatoms. The first kappa shape index (κ1) is 18.3. The van der Waals surface area contributed by atoms with E-state index in [1.54, 1.807) is 0 Å². The molecule has 0 aromatic heterocycles. The summed E-state index contributed by atoms with van der Waals surface area (Å²) in [5.41, 5.74) is -0.984. The molecule has 24 heavy (non-hydrogen) atoms. The normalized spacial score (nSPS) is 18.3. The predicted octanol–water partition coefficient (Wildman–Crippen LogP) is 2.41. The van der Waals surface area contributed by atoms with E-state index in [-0.39, 0.29) is 18.3 Å². The van der Waals surface area contributed by atoms with Gasteiger partial charge in [-0.25, -0.2) is 0 Å². The number of nitrogens with zero attached hydrogens (tertiary/aromatic N) is 1. The zero-order chi connectivity index (χ0) is 17.7. The Bertz CT molecular complexity index is 602. The number of piperidine rings is 1. The summed E-state index contributed by atoms with van der Waals surface area (Å²) in [6.07, 6.45) is -1.79. The molecular weight excluding hydrogens is 325 g/mol. The number of alkyl halides is 3. The molecule has 1 fully saturated rings. The minimum Gasteiger partial charge on any atom is -0.396 e. The first-order chi connectivity index (χ1) is 11.3. The first-order valence-electron chi connectivity index (χ1n) is 7.73. The van der Waals surface area contributed by atoms with Crippen LogP contribution in [0.5, 0.6) is 0 Å². The highest BCUT2D eigenvalue weighted by atomic mass is 19.4. The Morgan fingerprint density at radius 3 is 2.71 bits per heavy atom. The van der Waals surface area contributed by atoms with Gasteiger partial charge >= 0.3 is 18.0 Å². The third-order valence-corrected chi connectivity index (χ3v) is 3.99. The van der Waals surface area contributed by atoms with Gasteiger partial charge in [0.1, 0.15) is 0 Å². The molecule has 5 nitrogen and oxygen atoms in total. The van der Waals surface area contributed by atoms with Crippen LogP contribution in [-0.2, 0) is 15.8 Å². The molecule has 2 amide bonds. The zero-order valence-electron chi connectivity index (χ0n) is 13.0. The van der Waals surface area contributed by atoms with E-state index in [0.29, 0.717) is 19.4 Å². The van der Waals surface area contributed by atoms with Gasteiger partial charge in [-0.3, -0.25) is 9.59 Å². The van der Waals surface area contributed by atoms with Crippen LogP contribution in [0.3, 0.4) is 0 Å². The smallest absolute Gasteiger partial charge is 0.396 e. The molecule has 0 bridgehead atoms. The highest BCUT2D eigenvalue weighted by Gasteiger charge is 2.32. The van der Waals surface area contributed by atoms with Gasteiger partial charge in [0.05, 0.1) is 5.56 Å². The number of amides is 2. The van der Waals surface area contributed by atoms with Crippen LogP contribution in [0, 0.1) is 0 Å². The minimum absolute atomic E-state index is 0.0844. The maximum atomic E-state index is 12.7. The third kappa shape index (κ3) is 4.47. The van der Waals surface area contributed by atoms with E-state index in [1.807, 2.05) is 0 Å².